The zero-order valence-electron chi connectivity index (χ0n) is 12.2. The summed E-state index contributed by atoms with van der Waals surface area (Å²) in [6.07, 6.45) is 0. The van der Waals surface area contributed by atoms with Crippen LogP contribution in [-0.4, -0.2) is 58.8 Å². The van der Waals surface area contributed by atoms with E-state index in [4.69, 9.17) is 21.4 Å². The van der Waals surface area contributed by atoms with Crippen LogP contribution >= 0.6 is 11.6 Å². The van der Waals surface area contributed by atoms with E-state index in [0.717, 1.165) is 6.54 Å². The monoisotopic (exact) mass is 336 g/mol. The van der Waals surface area contributed by atoms with E-state index >= 15 is 0 Å². The molecule has 0 saturated carbocycles. The van der Waals surface area contributed by atoms with Gasteiger partial charge in [0, 0.05) is 18.1 Å². The van der Waals surface area contributed by atoms with E-state index < -0.39 is 10.0 Å². The Morgan fingerprint density at radius 1 is 1.33 bits per heavy atom. The normalized spacial score (nSPS) is 12.0. The Balaban J connectivity index is 2.48. The number of aliphatic hydroxyl groups excluding tert-OH is 1. The summed E-state index contributed by atoms with van der Waals surface area (Å²) in [6, 6.07) is 4.22. The Bertz CT molecular complexity index is 549. The smallest absolute Gasteiger partial charge is 0.240 e. The van der Waals surface area contributed by atoms with Crippen LogP contribution in [0.1, 0.15) is 5.56 Å². The number of halogens is 1. The van der Waals surface area contributed by atoms with Gasteiger partial charge in [0.25, 0.3) is 0 Å². The Hall–Kier alpha value is -0.700. The van der Waals surface area contributed by atoms with Crippen molar-refractivity contribution in [3.05, 3.63) is 28.8 Å². The van der Waals surface area contributed by atoms with Gasteiger partial charge in [-0.25, -0.2) is 13.1 Å². The molecule has 8 heteroatoms. The summed E-state index contributed by atoms with van der Waals surface area (Å²) in [4.78, 5) is 2.05. The SMILES string of the molecule is CN(C)CCOCCNS(=O)(=O)c1ccc(CO)c(Cl)c1. The topological polar surface area (TPSA) is 78.9 Å². The third kappa shape index (κ3) is 6.29. The Morgan fingerprint density at radius 3 is 2.62 bits per heavy atom. The van der Waals surface area contributed by atoms with Crippen LogP contribution in [0.25, 0.3) is 0 Å². The quantitative estimate of drug-likeness (QED) is 0.649. The molecule has 0 radical (unpaired) electrons. The number of rotatable bonds is 9. The minimum absolute atomic E-state index is 0.0676. The highest BCUT2D eigenvalue weighted by atomic mass is 35.5. The van der Waals surface area contributed by atoms with Gasteiger partial charge in [-0.3, -0.25) is 0 Å². The average Bonchev–Trinajstić information content (AvgIpc) is 2.42. The van der Waals surface area contributed by atoms with Gasteiger partial charge in [0.15, 0.2) is 0 Å². The first-order chi connectivity index (χ1) is 9.86. The van der Waals surface area contributed by atoms with Crippen LogP contribution < -0.4 is 4.72 Å². The van der Waals surface area contributed by atoms with Gasteiger partial charge in [0.1, 0.15) is 0 Å². The number of nitrogens with one attached hydrogen (secondary N) is 1. The maximum Gasteiger partial charge on any atom is 0.240 e. The number of aliphatic hydroxyl groups is 1. The van der Waals surface area contributed by atoms with Gasteiger partial charge in [-0.15, -0.1) is 0 Å². The maximum absolute atomic E-state index is 12.0. The van der Waals surface area contributed by atoms with E-state index in [1.54, 1.807) is 0 Å². The number of nitrogens with zero attached hydrogens (tertiary/aromatic N) is 1. The van der Waals surface area contributed by atoms with Crippen LogP contribution in [0.2, 0.25) is 5.02 Å². The zero-order chi connectivity index (χ0) is 15.9. The number of hydrogen-bond acceptors (Lipinski definition) is 5. The average molecular weight is 337 g/mol. The third-order valence-corrected chi connectivity index (χ3v) is 4.54. The molecular formula is C13H21ClN2O4S. The first-order valence-electron chi connectivity index (χ1n) is 6.48. The molecule has 0 aliphatic heterocycles. The van der Waals surface area contributed by atoms with Crippen molar-refractivity contribution in [2.45, 2.75) is 11.5 Å². The molecule has 1 aromatic carbocycles. The number of hydrogen-bond donors (Lipinski definition) is 2. The summed E-state index contributed by atoms with van der Waals surface area (Å²) < 4.78 is 31.8. The first kappa shape index (κ1) is 18.3. The standard InChI is InChI=1S/C13H21ClN2O4S/c1-16(2)6-8-20-7-5-15-21(18,19)12-4-3-11(10-17)13(14)9-12/h3-4,9,15,17H,5-8,10H2,1-2H3. The molecule has 1 aromatic rings. The highest BCUT2D eigenvalue weighted by Crippen LogP contribution is 2.20. The van der Waals surface area contributed by atoms with E-state index in [0.29, 0.717) is 18.8 Å². The summed E-state index contributed by atoms with van der Waals surface area (Å²) in [5.41, 5.74) is 0.489. The molecule has 120 valence electrons. The fourth-order valence-electron chi connectivity index (χ4n) is 1.50. The van der Waals surface area contributed by atoms with Gasteiger partial charge >= 0.3 is 0 Å². The maximum atomic E-state index is 12.0. The van der Waals surface area contributed by atoms with Crippen molar-refractivity contribution in [2.24, 2.45) is 0 Å². The van der Waals surface area contributed by atoms with Crippen molar-refractivity contribution >= 4 is 21.6 Å². The fraction of sp³-hybridized carbons (Fsp3) is 0.538. The van der Waals surface area contributed by atoms with E-state index in [1.807, 2.05) is 19.0 Å². The third-order valence-electron chi connectivity index (χ3n) is 2.73. The Kier molecular flexibility index (Phi) is 7.58. The van der Waals surface area contributed by atoms with Crippen LogP contribution in [0.3, 0.4) is 0 Å². The van der Waals surface area contributed by atoms with E-state index in [2.05, 4.69) is 4.72 Å². The first-order valence-corrected chi connectivity index (χ1v) is 8.34. The lowest BCUT2D eigenvalue weighted by Crippen LogP contribution is -2.28. The highest BCUT2D eigenvalue weighted by molar-refractivity contribution is 7.89. The molecule has 0 atom stereocenters. The number of benzene rings is 1. The van der Waals surface area contributed by atoms with Crippen molar-refractivity contribution in [1.82, 2.24) is 9.62 Å². The van der Waals surface area contributed by atoms with Crippen LogP contribution in [0, 0.1) is 0 Å². The molecule has 0 aliphatic rings. The summed E-state index contributed by atoms with van der Waals surface area (Å²) in [6.45, 7) is 1.59. The van der Waals surface area contributed by atoms with Gasteiger partial charge in [-0.05, 0) is 31.8 Å². The molecule has 0 unspecified atom stereocenters. The van der Waals surface area contributed by atoms with E-state index in [1.165, 1.54) is 18.2 Å². The van der Waals surface area contributed by atoms with Crippen molar-refractivity contribution in [3.63, 3.8) is 0 Å². The second kappa shape index (κ2) is 8.67. The molecule has 0 bridgehead atoms. The number of likely N-dealkylation sites (N-methyl/N-ethyl adjacent to an activating group) is 1. The second-order valence-corrected chi connectivity index (χ2v) is 6.90. The number of ether oxygens (including phenoxy) is 1. The molecule has 0 spiro atoms. The highest BCUT2D eigenvalue weighted by Gasteiger charge is 2.14. The van der Waals surface area contributed by atoms with Crippen molar-refractivity contribution in [3.8, 4) is 0 Å². The van der Waals surface area contributed by atoms with Gasteiger partial charge in [-0.2, -0.15) is 0 Å². The molecule has 0 fully saturated rings. The summed E-state index contributed by atoms with van der Waals surface area (Å²) in [7, 11) is 0.255. The van der Waals surface area contributed by atoms with Gasteiger partial charge in [0.2, 0.25) is 10.0 Å². The molecule has 2 N–H and O–H groups in total. The molecule has 0 heterocycles. The minimum Gasteiger partial charge on any atom is -0.392 e. The number of sulfonamides is 1. The molecule has 6 nitrogen and oxygen atoms in total. The van der Waals surface area contributed by atoms with Crippen LogP contribution in [0.5, 0.6) is 0 Å². The lowest BCUT2D eigenvalue weighted by atomic mass is 10.2. The van der Waals surface area contributed by atoms with Gasteiger partial charge in [0.05, 0.1) is 24.7 Å². The molecular weight excluding hydrogens is 316 g/mol. The Labute approximate surface area is 130 Å². The molecule has 0 amide bonds. The van der Waals surface area contributed by atoms with Gasteiger partial charge < -0.3 is 14.7 Å². The van der Waals surface area contributed by atoms with E-state index in [-0.39, 0.29) is 23.1 Å². The van der Waals surface area contributed by atoms with Crippen molar-refractivity contribution in [1.29, 1.82) is 0 Å². The minimum atomic E-state index is -3.62. The lowest BCUT2D eigenvalue weighted by molar-refractivity contribution is 0.122. The summed E-state index contributed by atoms with van der Waals surface area (Å²) >= 11 is 5.89. The molecule has 0 aliphatic carbocycles. The van der Waals surface area contributed by atoms with Crippen LogP contribution in [-0.2, 0) is 21.4 Å². The molecule has 0 aromatic heterocycles. The van der Waals surface area contributed by atoms with Crippen molar-refractivity contribution in [2.75, 3.05) is 40.4 Å². The Morgan fingerprint density at radius 2 is 2.05 bits per heavy atom. The largest absolute Gasteiger partial charge is 0.392 e. The zero-order valence-corrected chi connectivity index (χ0v) is 13.7. The van der Waals surface area contributed by atoms with Gasteiger partial charge in [-0.1, -0.05) is 17.7 Å². The summed E-state index contributed by atoms with van der Waals surface area (Å²) in [5, 5.41) is 9.23. The molecule has 21 heavy (non-hydrogen) atoms. The molecule has 0 saturated heterocycles. The van der Waals surface area contributed by atoms with Crippen LogP contribution in [0.15, 0.2) is 23.1 Å². The second-order valence-electron chi connectivity index (χ2n) is 4.72. The van der Waals surface area contributed by atoms with Crippen molar-refractivity contribution < 1.29 is 18.3 Å². The predicted octanol–water partition coefficient (Wildman–Crippen LogP) is 0.689. The lowest BCUT2D eigenvalue weighted by Gasteiger charge is -2.11. The fourth-order valence-corrected chi connectivity index (χ4v) is 2.85. The summed E-state index contributed by atoms with van der Waals surface area (Å²) in [5.74, 6) is 0. The predicted molar refractivity (Wildman–Crippen MR) is 81.9 cm³/mol. The van der Waals surface area contributed by atoms with E-state index in [9.17, 15) is 8.42 Å². The van der Waals surface area contributed by atoms with Crippen LogP contribution in [0.4, 0.5) is 0 Å². The molecule has 1 rings (SSSR count).